The Kier molecular flexibility index (Phi) is 6.48. The van der Waals surface area contributed by atoms with Crippen molar-refractivity contribution in [3.63, 3.8) is 0 Å². The van der Waals surface area contributed by atoms with Crippen LogP contribution in [0.3, 0.4) is 0 Å². The molecular formula is C10H20NO7P. The van der Waals surface area contributed by atoms with Crippen molar-refractivity contribution < 1.29 is 33.4 Å². The van der Waals surface area contributed by atoms with Gasteiger partial charge in [0.25, 0.3) is 0 Å². The number of hydrogen-bond donors (Lipinski definition) is 2. The van der Waals surface area contributed by atoms with Crippen molar-refractivity contribution in [1.82, 2.24) is 4.90 Å². The van der Waals surface area contributed by atoms with Gasteiger partial charge in [0.1, 0.15) is 5.78 Å². The fourth-order valence-corrected chi connectivity index (χ4v) is 3.39. The van der Waals surface area contributed by atoms with Crippen LogP contribution in [0.4, 0.5) is 9.59 Å². The fraction of sp³-hybridized carbons (Fsp3) is 0.800. The van der Waals surface area contributed by atoms with Crippen molar-refractivity contribution in [3.8, 4) is 0 Å². The maximum Gasteiger partial charge on any atom is 0.417 e. The second-order valence-corrected chi connectivity index (χ2v) is 6.66. The van der Waals surface area contributed by atoms with Gasteiger partial charge in [-0.3, -0.25) is 4.57 Å². The van der Waals surface area contributed by atoms with E-state index < -0.39 is 37.8 Å². The molecule has 19 heavy (non-hydrogen) atoms. The Labute approximate surface area is 111 Å². The Morgan fingerprint density at radius 2 is 1.26 bits per heavy atom. The molecule has 0 aromatic carbocycles. The molecule has 1 atom stereocenters. The Morgan fingerprint density at radius 3 is 1.47 bits per heavy atom. The highest BCUT2D eigenvalue weighted by Gasteiger charge is 2.43. The van der Waals surface area contributed by atoms with Crippen LogP contribution in [0.1, 0.15) is 34.6 Å². The molecule has 0 bridgehead atoms. The van der Waals surface area contributed by atoms with E-state index in [1.807, 2.05) is 0 Å². The van der Waals surface area contributed by atoms with Gasteiger partial charge in [-0.1, -0.05) is 0 Å². The minimum absolute atomic E-state index is 0.0194. The first-order chi connectivity index (χ1) is 8.51. The van der Waals surface area contributed by atoms with Crippen molar-refractivity contribution in [3.05, 3.63) is 0 Å². The van der Waals surface area contributed by atoms with E-state index >= 15 is 0 Å². The first-order valence-electron chi connectivity index (χ1n) is 5.72. The van der Waals surface area contributed by atoms with E-state index in [0.717, 1.165) is 0 Å². The zero-order chi connectivity index (χ0) is 15.4. The molecule has 0 aromatic heterocycles. The van der Waals surface area contributed by atoms with Gasteiger partial charge in [-0.05, 0) is 34.6 Å². The fourth-order valence-electron chi connectivity index (χ4n) is 1.33. The Hall–Kier alpha value is -1.11. The normalized spacial score (nSPS) is 13.6. The standard InChI is InChI=1S/C10H20NO7P/c1-6(2)17-19(16,18-7(3)4)8(5)11(9(12)13)10(14)15/h6-8H,1-5H3,(H,12,13)(H,14,15). The van der Waals surface area contributed by atoms with Crippen LogP contribution < -0.4 is 0 Å². The van der Waals surface area contributed by atoms with Gasteiger partial charge in [-0.2, -0.15) is 4.90 Å². The van der Waals surface area contributed by atoms with Crippen molar-refractivity contribution >= 4 is 19.8 Å². The molecule has 0 saturated heterocycles. The molecule has 0 fully saturated rings. The lowest BCUT2D eigenvalue weighted by atomic mass is 10.5. The van der Waals surface area contributed by atoms with Crippen LogP contribution in [0.5, 0.6) is 0 Å². The molecule has 112 valence electrons. The van der Waals surface area contributed by atoms with E-state index in [-0.39, 0.29) is 4.90 Å². The number of imide groups is 1. The minimum Gasteiger partial charge on any atom is -0.464 e. The van der Waals surface area contributed by atoms with Gasteiger partial charge in [0.2, 0.25) is 0 Å². The second kappa shape index (κ2) is 6.88. The van der Waals surface area contributed by atoms with Gasteiger partial charge in [-0.15, -0.1) is 0 Å². The Balaban J connectivity index is 5.40. The molecule has 0 aliphatic carbocycles. The monoisotopic (exact) mass is 297 g/mol. The van der Waals surface area contributed by atoms with Crippen LogP contribution in [-0.2, 0) is 13.6 Å². The summed E-state index contributed by atoms with van der Waals surface area (Å²) in [5, 5.41) is 17.7. The topological polar surface area (TPSA) is 113 Å². The molecule has 0 rings (SSSR count). The SMILES string of the molecule is CC(C)OP(=O)(OC(C)C)C(C)N(C(=O)O)C(=O)O. The number of amides is 2. The van der Waals surface area contributed by atoms with E-state index in [9.17, 15) is 14.2 Å². The molecule has 8 nitrogen and oxygen atoms in total. The van der Waals surface area contributed by atoms with Crippen LogP contribution in [0.25, 0.3) is 0 Å². The summed E-state index contributed by atoms with van der Waals surface area (Å²) in [6, 6.07) is 0. The van der Waals surface area contributed by atoms with Crippen molar-refractivity contribution in [1.29, 1.82) is 0 Å². The summed E-state index contributed by atoms with van der Waals surface area (Å²) in [4.78, 5) is 21.8. The van der Waals surface area contributed by atoms with Crippen LogP contribution >= 0.6 is 7.60 Å². The molecule has 0 aliphatic heterocycles. The number of carboxylic acid groups (broad SMARTS) is 2. The smallest absolute Gasteiger partial charge is 0.417 e. The predicted octanol–water partition coefficient (Wildman–Crippen LogP) is 3.03. The average molecular weight is 297 g/mol. The summed E-state index contributed by atoms with van der Waals surface area (Å²) < 4.78 is 22.9. The van der Waals surface area contributed by atoms with Crippen LogP contribution in [0.2, 0.25) is 0 Å². The summed E-state index contributed by atoms with van der Waals surface area (Å²) in [5.41, 5.74) is 0. The number of nitrogens with zero attached hydrogens (tertiary/aromatic N) is 1. The van der Waals surface area contributed by atoms with Crippen LogP contribution in [0.15, 0.2) is 0 Å². The third-order valence-corrected chi connectivity index (χ3v) is 4.54. The highest BCUT2D eigenvalue weighted by Crippen LogP contribution is 2.56. The zero-order valence-electron chi connectivity index (χ0n) is 11.6. The summed E-state index contributed by atoms with van der Waals surface area (Å²) in [5.74, 6) is -1.45. The zero-order valence-corrected chi connectivity index (χ0v) is 12.5. The van der Waals surface area contributed by atoms with Crippen molar-refractivity contribution in [2.45, 2.75) is 52.6 Å². The largest absolute Gasteiger partial charge is 0.464 e. The lowest BCUT2D eigenvalue weighted by Gasteiger charge is -2.31. The molecule has 0 heterocycles. The van der Waals surface area contributed by atoms with Crippen molar-refractivity contribution in [2.75, 3.05) is 0 Å². The lowest BCUT2D eigenvalue weighted by molar-refractivity contribution is 0.0949. The number of hydrogen-bond acceptors (Lipinski definition) is 5. The van der Waals surface area contributed by atoms with Crippen LogP contribution in [-0.4, -0.2) is 45.3 Å². The third kappa shape index (κ3) is 5.18. The molecule has 2 amide bonds. The first kappa shape index (κ1) is 17.9. The third-order valence-electron chi connectivity index (χ3n) is 1.96. The first-order valence-corrected chi connectivity index (χ1v) is 7.34. The minimum atomic E-state index is -3.92. The summed E-state index contributed by atoms with van der Waals surface area (Å²) in [7, 11) is -3.92. The van der Waals surface area contributed by atoms with Crippen molar-refractivity contribution in [2.24, 2.45) is 0 Å². The predicted molar refractivity (Wildman–Crippen MR) is 67.4 cm³/mol. The average Bonchev–Trinajstić information content (AvgIpc) is 2.12. The van der Waals surface area contributed by atoms with E-state index in [0.29, 0.717) is 0 Å². The highest BCUT2D eigenvalue weighted by molar-refractivity contribution is 7.54. The van der Waals surface area contributed by atoms with Gasteiger partial charge in [-0.25, -0.2) is 9.59 Å². The van der Waals surface area contributed by atoms with E-state index in [4.69, 9.17) is 19.3 Å². The maximum atomic E-state index is 12.6. The van der Waals surface area contributed by atoms with Gasteiger partial charge in [0.05, 0.1) is 12.2 Å². The van der Waals surface area contributed by atoms with E-state index in [2.05, 4.69) is 0 Å². The molecule has 0 spiro atoms. The molecule has 9 heteroatoms. The number of carbonyl (C=O) groups is 2. The molecule has 0 aliphatic rings. The molecule has 0 radical (unpaired) electrons. The molecular weight excluding hydrogens is 277 g/mol. The van der Waals surface area contributed by atoms with Gasteiger partial charge in [0.15, 0.2) is 0 Å². The second-order valence-electron chi connectivity index (χ2n) is 4.42. The maximum absolute atomic E-state index is 12.6. The molecule has 1 unspecified atom stereocenters. The van der Waals surface area contributed by atoms with Gasteiger partial charge >= 0.3 is 19.8 Å². The summed E-state index contributed by atoms with van der Waals surface area (Å²) in [6.45, 7) is 7.54. The van der Waals surface area contributed by atoms with E-state index in [1.54, 1.807) is 27.7 Å². The highest BCUT2D eigenvalue weighted by atomic mass is 31.2. The molecule has 0 aromatic rings. The van der Waals surface area contributed by atoms with E-state index in [1.165, 1.54) is 6.92 Å². The lowest BCUT2D eigenvalue weighted by Crippen LogP contribution is -2.42. The molecule has 2 N–H and O–H groups in total. The number of rotatable bonds is 6. The van der Waals surface area contributed by atoms with Gasteiger partial charge < -0.3 is 19.3 Å². The Bertz CT molecular complexity index is 354. The van der Waals surface area contributed by atoms with Gasteiger partial charge in [0, 0.05) is 0 Å². The summed E-state index contributed by atoms with van der Waals surface area (Å²) in [6.07, 6.45) is -4.48. The molecule has 0 saturated carbocycles. The van der Waals surface area contributed by atoms with Crippen LogP contribution in [0, 0.1) is 0 Å². The Morgan fingerprint density at radius 1 is 0.947 bits per heavy atom. The quantitative estimate of drug-likeness (QED) is 0.724. The summed E-state index contributed by atoms with van der Waals surface area (Å²) >= 11 is 0.